The molecule has 1 atom stereocenters. The highest BCUT2D eigenvalue weighted by Gasteiger charge is 2.35. The standard InChI is InChI=1S/C38H42ClN3O4S/c1-28-19-21-35(22-20-28)47(45,46)42(34-18-9-11-29(2)23-34)27-37(43)41(26-31-14-10-15-32(39)24-31)36(25-30-12-5-3-6-13-30)38(44)40-33-16-7-4-8-17-33/h3,5-6,9-15,18-24,33,36H,4,7-8,16-17,25-27H2,1-2H3,(H,40,44)/t36-/m1/s1. The largest absolute Gasteiger partial charge is 0.352 e. The van der Waals surface area contributed by atoms with E-state index >= 15 is 0 Å². The van der Waals surface area contributed by atoms with Crippen molar-refractivity contribution in [3.63, 3.8) is 0 Å². The minimum atomic E-state index is -4.16. The van der Waals surface area contributed by atoms with Crippen molar-refractivity contribution in [2.75, 3.05) is 10.8 Å². The molecule has 1 saturated carbocycles. The second-order valence-corrected chi connectivity index (χ2v) is 14.7. The van der Waals surface area contributed by atoms with Crippen LogP contribution in [-0.2, 0) is 32.6 Å². The number of anilines is 1. The van der Waals surface area contributed by atoms with Gasteiger partial charge in [-0.05, 0) is 79.8 Å². The lowest BCUT2D eigenvalue weighted by atomic mass is 9.94. The number of halogens is 1. The van der Waals surface area contributed by atoms with Crippen LogP contribution in [0.4, 0.5) is 5.69 Å². The van der Waals surface area contributed by atoms with Crippen LogP contribution in [0.5, 0.6) is 0 Å². The van der Waals surface area contributed by atoms with Gasteiger partial charge in [-0.15, -0.1) is 0 Å². The molecule has 0 aromatic heterocycles. The van der Waals surface area contributed by atoms with Gasteiger partial charge in [0.2, 0.25) is 11.8 Å². The Hall–Kier alpha value is -4.14. The Kier molecular flexibility index (Phi) is 11.4. The highest BCUT2D eigenvalue weighted by Crippen LogP contribution is 2.27. The van der Waals surface area contributed by atoms with Crippen molar-refractivity contribution in [2.45, 2.75) is 75.9 Å². The van der Waals surface area contributed by atoms with Crippen molar-refractivity contribution in [1.29, 1.82) is 0 Å². The van der Waals surface area contributed by atoms with Crippen LogP contribution in [0.3, 0.4) is 0 Å². The molecule has 1 N–H and O–H groups in total. The number of amides is 2. The lowest BCUT2D eigenvalue weighted by molar-refractivity contribution is -0.140. The molecule has 4 aromatic carbocycles. The Morgan fingerprint density at radius 3 is 2.17 bits per heavy atom. The molecule has 2 amide bonds. The quantitative estimate of drug-likeness (QED) is 0.172. The number of sulfonamides is 1. The van der Waals surface area contributed by atoms with E-state index in [4.69, 9.17) is 11.6 Å². The van der Waals surface area contributed by atoms with Crippen molar-refractivity contribution in [2.24, 2.45) is 0 Å². The molecular formula is C38H42ClN3O4S. The van der Waals surface area contributed by atoms with Crippen LogP contribution in [0.2, 0.25) is 5.02 Å². The zero-order valence-electron chi connectivity index (χ0n) is 26.9. The monoisotopic (exact) mass is 671 g/mol. The first kappa shape index (κ1) is 34.2. The average molecular weight is 672 g/mol. The molecule has 5 rings (SSSR count). The number of hydrogen-bond acceptors (Lipinski definition) is 4. The Bertz CT molecular complexity index is 1770. The van der Waals surface area contributed by atoms with Crippen LogP contribution in [-0.4, -0.2) is 43.8 Å². The van der Waals surface area contributed by atoms with Gasteiger partial charge in [-0.2, -0.15) is 0 Å². The van der Waals surface area contributed by atoms with Gasteiger partial charge in [-0.25, -0.2) is 8.42 Å². The van der Waals surface area contributed by atoms with Crippen LogP contribution >= 0.6 is 11.6 Å². The van der Waals surface area contributed by atoms with E-state index in [0.717, 1.165) is 58.7 Å². The van der Waals surface area contributed by atoms with Gasteiger partial charge < -0.3 is 10.2 Å². The number of carbonyl (C=O) groups excluding carboxylic acids is 2. The molecule has 0 aliphatic heterocycles. The Balaban J connectivity index is 1.56. The maximum atomic E-state index is 14.7. The van der Waals surface area contributed by atoms with Crippen molar-refractivity contribution in [3.05, 3.63) is 130 Å². The highest BCUT2D eigenvalue weighted by molar-refractivity contribution is 7.92. The van der Waals surface area contributed by atoms with Crippen molar-refractivity contribution >= 4 is 39.1 Å². The van der Waals surface area contributed by atoms with E-state index in [-0.39, 0.29) is 29.8 Å². The summed E-state index contributed by atoms with van der Waals surface area (Å²) >= 11 is 6.36. The Morgan fingerprint density at radius 1 is 0.809 bits per heavy atom. The zero-order chi connectivity index (χ0) is 33.4. The predicted octanol–water partition coefficient (Wildman–Crippen LogP) is 7.24. The second kappa shape index (κ2) is 15.6. The highest BCUT2D eigenvalue weighted by atomic mass is 35.5. The molecule has 0 unspecified atom stereocenters. The molecule has 9 heteroatoms. The number of nitrogens with zero attached hydrogens (tertiary/aromatic N) is 2. The lowest BCUT2D eigenvalue weighted by Crippen LogP contribution is -2.55. The van der Waals surface area contributed by atoms with E-state index in [1.54, 1.807) is 60.7 Å². The first-order valence-corrected chi connectivity index (χ1v) is 18.0. The molecular weight excluding hydrogens is 630 g/mol. The van der Waals surface area contributed by atoms with E-state index in [9.17, 15) is 18.0 Å². The normalized spacial score (nSPS) is 14.3. The van der Waals surface area contributed by atoms with Crippen LogP contribution in [0.25, 0.3) is 0 Å². The van der Waals surface area contributed by atoms with Crippen LogP contribution < -0.4 is 9.62 Å². The summed E-state index contributed by atoms with van der Waals surface area (Å²) in [5, 5.41) is 3.74. The molecule has 0 bridgehead atoms. The third-order valence-electron chi connectivity index (χ3n) is 8.64. The minimum absolute atomic E-state index is 0.0309. The third kappa shape index (κ3) is 9.02. The smallest absolute Gasteiger partial charge is 0.264 e. The van der Waals surface area contributed by atoms with Crippen LogP contribution in [0.1, 0.15) is 54.4 Å². The number of nitrogens with one attached hydrogen (secondary N) is 1. The SMILES string of the molecule is Cc1ccc(S(=O)(=O)N(CC(=O)N(Cc2cccc(Cl)c2)[C@H](Cc2ccccc2)C(=O)NC2CCCCC2)c2cccc(C)c2)cc1. The molecule has 1 aliphatic rings. The molecule has 47 heavy (non-hydrogen) atoms. The number of hydrogen-bond donors (Lipinski definition) is 1. The number of carbonyl (C=O) groups is 2. The van der Waals surface area contributed by atoms with Gasteiger partial charge in [0.15, 0.2) is 0 Å². The Labute approximate surface area is 283 Å². The average Bonchev–Trinajstić information content (AvgIpc) is 3.06. The maximum Gasteiger partial charge on any atom is 0.264 e. The fourth-order valence-electron chi connectivity index (χ4n) is 6.08. The molecule has 7 nitrogen and oxygen atoms in total. The Morgan fingerprint density at radius 2 is 1.49 bits per heavy atom. The lowest BCUT2D eigenvalue weighted by Gasteiger charge is -2.35. The number of rotatable bonds is 12. The van der Waals surface area contributed by atoms with Gasteiger partial charge in [0.05, 0.1) is 10.6 Å². The van der Waals surface area contributed by atoms with Crippen molar-refractivity contribution in [3.8, 4) is 0 Å². The summed E-state index contributed by atoms with van der Waals surface area (Å²) in [5.74, 6) is -0.749. The van der Waals surface area contributed by atoms with Gasteiger partial charge in [0.1, 0.15) is 12.6 Å². The summed E-state index contributed by atoms with van der Waals surface area (Å²) < 4.78 is 29.6. The first-order valence-electron chi connectivity index (χ1n) is 16.1. The van der Waals surface area contributed by atoms with Gasteiger partial charge in [0, 0.05) is 24.0 Å². The minimum Gasteiger partial charge on any atom is -0.352 e. The number of benzene rings is 4. The fourth-order valence-corrected chi connectivity index (χ4v) is 7.70. The first-order chi connectivity index (χ1) is 22.6. The fraction of sp³-hybridized carbons (Fsp3) is 0.316. The van der Waals surface area contributed by atoms with Crippen LogP contribution in [0, 0.1) is 13.8 Å². The van der Waals surface area contributed by atoms with E-state index in [1.165, 1.54) is 4.90 Å². The molecule has 0 radical (unpaired) electrons. The zero-order valence-corrected chi connectivity index (χ0v) is 28.5. The number of aryl methyl sites for hydroxylation is 2. The van der Waals surface area contributed by atoms with E-state index in [1.807, 2.05) is 56.3 Å². The summed E-state index contributed by atoms with van der Waals surface area (Å²) in [6.45, 7) is 3.33. The molecule has 0 saturated heterocycles. The summed E-state index contributed by atoms with van der Waals surface area (Å²) in [4.78, 5) is 30.5. The van der Waals surface area contributed by atoms with Crippen molar-refractivity contribution < 1.29 is 18.0 Å². The maximum absolute atomic E-state index is 14.7. The summed E-state index contributed by atoms with van der Waals surface area (Å²) in [6.07, 6.45) is 5.28. The van der Waals surface area contributed by atoms with E-state index in [2.05, 4.69) is 5.32 Å². The van der Waals surface area contributed by atoms with Gasteiger partial charge in [-0.3, -0.25) is 13.9 Å². The second-order valence-electron chi connectivity index (χ2n) is 12.4. The van der Waals surface area contributed by atoms with Crippen molar-refractivity contribution in [1.82, 2.24) is 10.2 Å². The molecule has 0 heterocycles. The molecule has 246 valence electrons. The summed E-state index contributed by atoms with van der Waals surface area (Å²) in [5.41, 5.74) is 3.76. The molecule has 1 aliphatic carbocycles. The predicted molar refractivity (Wildman–Crippen MR) is 188 cm³/mol. The third-order valence-corrected chi connectivity index (χ3v) is 10.7. The van der Waals surface area contributed by atoms with E-state index in [0.29, 0.717) is 10.7 Å². The summed E-state index contributed by atoms with van der Waals surface area (Å²) in [7, 11) is -4.16. The molecule has 1 fully saturated rings. The van der Waals surface area contributed by atoms with Gasteiger partial charge in [0.25, 0.3) is 10.0 Å². The topological polar surface area (TPSA) is 86.8 Å². The van der Waals surface area contributed by atoms with Gasteiger partial charge in [-0.1, -0.05) is 103 Å². The van der Waals surface area contributed by atoms with Crippen LogP contribution in [0.15, 0.2) is 108 Å². The molecule has 0 spiro atoms. The molecule has 4 aromatic rings. The van der Waals surface area contributed by atoms with E-state index < -0.39 is 28.5 Å². The van der Waals surface area contributed by atoms with Gasteiger partial charge >= 0.3 is 0 Å². The summed E-state index contributed by atoms with van der Waals surface area (Å²) in [6, 6.07) is 29.5.